The van der Waals surface area contributed by atoms with Crippen molar-refractivity contribution < 1.29 is 18.4 Å². The molecule has 0 aromatic carbocycles. The van der Waals surface area contributed by atoms with E-state index in [9.17, 15) is 0 Å². The van der Waals surface area contributed by atoms with Crippen LogP contribution in [0.15, 0.2) is 23.9 Å². The van der Waals surface area contributed by atoms with Crippen molar-refractivity contribution in [2.75, 3.05) is 6.61 Å². The lowest BCUT2D eigenvalue weighted by molar-refractivity contribution is -0.288. The van der Waals surface area contributed by atoms with Gasteiger partial charge in [-0.25, -0.2) is 0 Å². The first kappa shape index (κ1) is 6.63. The molecule has 1 radical (unpaired) electrons. The number of aliphatic hydroxyl groups is 1. The summed E-state index contributed by atoms with van der Waals surface area (Å²) in [5.41, 5.74) is 0. The molecule has 0 aromatic rings. The molecule has 57 valence electrons. The topological polar surface area (TPSA) is 50.0 Å². The van der Waals surface area contributed by atoms with Crippen LogP contribution in [-0.2, 0) is 13.3 Å². The van der Waals surface area contributed by atoms with Gasteiger partial charge in [-0.2, -0.15) is 0 Å². The summed E-state index contributed by atoms with van der Waals surface area (Å²) in [4.78, 5) is 0. The van der Waals surface area contributed by atoms with Gasteiger partial charge in [-0.1, -0.05) is 0 Å². The van der Waals surface area contributed by atoms with Crippen LogP contribution in [0.1, 0.15) is 0 Å². The fraction of sp³-hybridized carbons (Fsp3) is 0.167. The first-order chi connectivity index (χ1) is 5.40. The van der Waals surface area contributed by atoms with E-state index in [1.165, 1.54) is 6.26 Å². The zero-order valence-electron chi connectivity index (χ0n) is 5.53. The first-order valence-electron chi connectivity index (χ1n) is 3.04. The lowest BCUT2D eigenvalue weighted by Gasteiger charge is -2.07. The highest BCUT2D eigenvalue weighted by atomic mass is 28.2. The highest BCUT2D eigenvalue weighted by Gasteiger charge is 2.24. The van der Waals surface area contributed by atoms with Gasteiger partial charge < -0.3 is 18.4 Å². The number of aliphatic hydroxyl groups excluding tert-OH is 1. The minimum absolute atomic E-state index is 0.00247. The van der Waals surface area contributed by atoms with Crippen molar-refractivity contribution in [3.63, 3.8) is 0 Å². The van der Waals surface area contributed by atoms with E-state index in [4.69, 9.17) is 18.4 Å². The van der Waals surface area contributed by atoms with Crippen molar-refractivity contribution >= 4 is 15.8 Å². The number of ketones is 1. The standard InChI is InChI=1S/C6H5O4Si/c7-2-4-1-5-6(3-8-4)10-11-9-5/h1,3,7H,2H2. The Morgan fingerprint density at radius 1 is 1.64 bits per heavy atom. The number of rotatable bonds is 1. The predicted molar refractivity (Wildman–Crippen MR) is 36.2 cm³/mol. The fourth-order valence-corrected chi connectivity index (χ4v) is 1.32. The van der Waals surface area contributed by atoms with Gasteiger partial charge in [-0.3, -0.25) is 0 Å². The summed E-state index contributed by atoms with van der Waals surface area (Å²) >= 11 is 0. The highest BCUT2D eigenvalue weighted by Crippen LogP contribution is 2.15. The molecule has 2 aliphatic rings. The average Bonchev–Trinajstić information content (AvgIpc) is 2.50. The third-order valence-corrected chi connectivity index (χ3v) is 1.92. The molecule has 11 heavy (non-hydrogen) atoms. The smallest absolute Gasteiger partial charge is 0.424 e. The maximum atomic E-state index is 8.68. The normalized spacial score (nSPS) is 19.9. The predicted octanol–water partition coefficient (Wildman–Crippen LogP) is -0.597. The fourth-order valence-electron chi connectivity index (χ4n) is 0.786. The van der Waals surface area contributed by atoms with Crippen LogP contribution in [0.25, 0.3) is 0 Å². The molecule has 0 aromatic heterocycles. The second kappa shape index (κ2) is 2.52. The summed E-state index contributed by atoms with van der Waals surface area (Å²) in [5, 5.41) is 8.68. The van der Waals surface area contributed by atoms with Gasteiger partial charge in [0.05, 0.1) is 6.08 Å². The molecule has 0 aliphatic carbocycles. The maximum Gasteiger partial charge on any atom is 0.424 e. The molecular weight excluding hydrogens is 164 g/mol. The van der Waals surface area contributed by atoms with Crippen LogP contribution in [0.5, 0.6) is 0 Å². The molecular formula is C6H5O4Si. The van der Waals surface area contributed by atoms with E-state index in [0.29, 0.717) is 17.3 Å². The van der Waals surface area contributed by atoms with Crippen molar-refractivity contribution in [2.24, 2.45) is 0 Å². The van der Waals surface area contributed by atoms with E-state index in [2.05, 4.69) is 0 Å². The highest BCUT2D eigenvalue weighted by molar-refractivity contribution is 6.25. The van der Waals surface area contributed by atoms with E-state index in [1.807, 2.05) is 0 Å². The van der Waals surface area contributed by atoms with Crippen molar-refractivity contribution in [1.82, 2.24) is 0 Å². The number of carbonyl (C=O) groups excluding carboxylic acids is 1. The minimum Gasteiger partial charge on any atom is -0.621 e. The van der Waals surface area contributed by atoms with Crippen LogP contribution < -0.4 is 0 Å². The SMILES string of the molecule is OCC1=CC2=[O+][Si-]OC2=CO1. The Labute approximate surface area is 65.5 Å². The number of allylic oxidation sites excluding steroid dienone is 1. The van der Waals surface area contributed by atoms with Gasteiger partial charge in [0.1, 0.15) is 18.6 Å². The van der Waals surface area contributed by atoms with Crippen molar-refractivity contribution in [2.45, 2.75) is 0 Å². The largest absolute Gasteiger partial charge is 0.621 e. The van der Waals surface area contributed by atoms with E-state index >= 15 is 0 Å². The van der Waals surface area contributed by atoms with Crippen LogP contribution in [-0.4, -0.2) is 27.5 Å². The molecule has 0 unspecified atom stereocenters. The van der Waals surface area contributed by atoms with Gasteiger partial charge in [0, 0.05) is 0 Å². The minimum atomic E-state index is -0.125. The number of hydrogen-bond acceptors (Lipinski definition) is 3. The molecule has 0 saturated carbocycles. The lowest BCUT2D eigenvalue weighted by atomic mass is 10.2. The van der Waals surface area contributed by atoms with Crippen LogP contribution in [0.4, 0.5) is 0 Å². The second-order valence-corrected chi connectivity index (χ2v) is 2.60. The molecule has 2 heterocycles. The number of hydrogen-bond donors (Lipinski definition) is 1. The quantitative estimate of drug-likeness (QED) is 0.421. The Bertz CT molecular complexity index is 266. The molecule has 4 nitrogen and oxygen atoms in total. The molecule has 0 atom stereocenters. The Hall–Kier alpha value is -1.07. The van der Waals surface area contributed by atoms with Crippen LogP contribution >= 0.6 is 0 Å². The molecule has 0 amide bonds. The maximum absolute atomic E-state index is 8.68. The lowest BCUT2D eigenvalue weighted by Crippen LogP contribution is -2.07. The molecule has 0 fully saturated rings. The van der Waals surface area contributed by atoms with Crippen LogP contribution in [0.2, 0.25) is 0 Å². The summed E-state index contributed by atoms with van der Waals surface area (Å²) in [6.07, 6.45) is 3.05. The van der Waals surface area contributed by atoms with Gasteiger partial charge in [0.25, 0.3) is 0 Å². The van der Waals surface area contributed by atoms with E-state index in [-0.39, 0.29) is 16.6 Å². The van der Waals surface area contributed by atoms with Gasteiger partial charge in [-0.15, -0.1) is 0 Å². The van der Waals surface area contributed by atoms with Crippen LogP contribution in [0, 0.1) is 0 Å². The Morgan fingerprint density at radius 2 is 2.55 bits per heavy atom. The van der Waals surface area contributed by atoms with Crippen molar-refractivity contribution in [3.05, 3.63) is 23.9 Å². The number of ether oxygens (including phenoxy) is 1. The summed E-state index contributed by atoms with van der Waals surface area (Å²) < 4.78 is 15.1. The zero-order valence-corrected chi connectivity index (χ0v) is 6.53. The first-order valence-corrected chi connectivity index (χ1v) is 3.86. The summed E-state index contributed by atoms with van der Waals surface area (Å²) in [7, 11) is 0.00247. The van der Waals surface area contributed by atoms with Crippen LogP contribution in [0.3, 0.4) is 0 Å². The third-order valence-electron chi connectivity index (χ3n) is 1.31. The van der Waals surface area contributed by atoms with Crippen molar-refractivity contribution in [3.8, 4) is 0 Å². The molecule has 5 heteroatoms. The molecule has 0 spiro atoms. The Kier molecular flexibility index (Phi) is 1.52. The van der Waals surface area contributed by atoms with Crippen molar-refractivity contribution in [1.29, 1.82) is 0 Å². The molecule has 0 bridgehead atoms. The average molecular weight is 169 g/mol. The molecule has 1 N–H and O–H groups in total. The van der Waals surface area contributed by atoms with Gasteiger partial charge >= 0.3 is 15.8 Å². The zero-order chi connectivity index (χ0) is 7.68. The molecule has 2 aliphatic heterocycles. The molecule has 2 rings (SSSR count). The van der Waals surface area contributed by atoms with Gasteiger partial charge in [0.2, 0.25) is 5.76 Å². The summed E-state index contributed by atoms with van der Waals surface area (Å²) in [5.74, 6) is 1.71. The van der Waals surface area contributed by atoms with Gasteiger partial charge in [0.15, 0.2) is 0 Å². The monoisotopic (exact) mass is 169 g/mol. The van der Waals surface area contributed by atoms with E-state index in [0.717, 1.165) is 0 Å². The van der Waals surface area contributed by atoms with Gasteiger partial charge in [-0.05, 0) is 0 Å². The van der Waals surface area contributed by atoms with E-state index in [1.54, 1.807) is 6.08 Å². The summed E-state index contributed by atoms with van der Waals surface area (Å²) in [6, 6.07) is 0. The Morgan fingerprint density at radius 3 is 3.36 bits per heavy atom. The van der Waals surface area contributed by atoms with E-state index < -0.39 is 0 Å². The third kappa shape index (κ3) is 1.08. The summed E-state index contributed by atoms with van der Waals surface area (Å²) in [6.45, 7) is -0.125. The number of fused-ring (bicyclic) bond motifs is 1. The molecule has 0 saturated heterocycles. The second-order valence-electron chi connectivity index (χ2n) is 2.02. The Balaban J connectivity index is 2.26.